The smallest absolute Gasteiger partial charge is 0.119 e. The van der Waals surface area contributed by atoms with Crippen LogP contribution in [0.15, 0.2) is 77.0 Å². The van der Waals surface area contributed by atoms with Gasteiger partial charge in [-0.2, -0.15) is 0 Å². The number of para-hydroxylation sites is 1. The molecule has 1 heterocycles. The Balaban J connectivity index is 1.85. The van der Waals surface area contributed by atoms with Gasteiger partial charge in [0, 0.05) is 40.4 Å². The van der Waals surface area contributed by atoms with E-state index in [1.807, 2.05) is 18.2 Å². The second-order valence-corrected chi connectivity index (χ2v) is 8.08. The van der Waals surface area contributed by atoms with Crippen molar-refractivity contribution in [1.29, 1.82) is 0 Å². The first-order valence-corrected chi connectivity index (χ1v) is 10.1. The molecule has 1 unspecified atom stereocenters. The molecule has 27 heavy (non-hydrogen) atoms. The molecule has 5 heteroatoms. The predicted octanol–water partition coefficient (Wildman–Crippen LogP) is 6.22. The van der Waals surface area contributed by atoms with Crippen LogP contribution < -0.4 is 10.6 Å². The number of hydrogen-bond donors (Lipinski definition) is 2. The Hall–Kier alpha value is -2.53. The van der Waals surface area contributed by atoms with Gasteiger partial charge < -0.3 is 10.6 Å². The Kier molecular flexibility index (Phi) is 6.71. The maximum absolute atomic E-state index is 4.41. The lowest BCUT2D eigenvalue weighted by Crippen LogP contribution is -2.17. The molecule has 0 aliphatic heterocycles. The van der Waals surface area contributed by atoms with Gasteiger partial charge in [-0.3, -0.25) is 4.98 Å². The van der Waals surface area contributed by atoms with E-state index in [0.717, 1.165) is 33.4 Å². The molecular weight excluding hydrogens is 352 g/mol. The second kappa shape index (κ2) is 9.42. The zero-order valence-electron chi connectivity index (χ0n) is 16.0. The predicted molar refractivity (Wildman–Crippen MR) is 115 cm³/mol. The quantitative estimate of drug-likeness (QED) is 0.487. The van der Waals surface area contributed by atoms with E-state index in [2.05, 4.69) is 71.7 Å². The lowest BCUT2D eigenvalue weighted by atomic mass is 10.1. The molecule has 0 saturated heterocycles. The summed E-state index contributed by atoms with van der Waals surface area (Å²) in [4.78, 5) is 9.72. The maximum atomic E-state index is 4.41. The molecule has 1 atom stereocenters. The molecule has 3 aromatic rings. The van der Waals surface area contributed by atoms with E-state index < -0.39 is 0 Å². The highest BCUT2D eigenvalue weighted by atomic mass is 32.2. The third-order valence-corrected chi connectivity index (χ3v) is 5.00. The van der Waals surface area contributed by atoms with Crippen LogP contribution in [0, 0.1) is 5.92 Å². The monoisotopic (exact) mass is 378 g/mol. The minimum absolute atomic E-state index is 0.402. The topological polar surface area (TPSA) is 49.8 Å². The van der Waals surface area contributed by atoms with Gasteiger partial charge in [-0.15, -0.1) is 0 Å². The molecule has 0 bridgehead atoms. The molecule has 0 saturated carbocycles. The average Bonchev–Trinajstić information content (AvgIpc) is 2.65. The second-order valence-electron chi connectivity index (χ2n) is 7.02. The van der Waals surface area contributed by atoms with Gasteiger partial charge in [-0.1, -0.05) is 43.8 Å². The van der Waals surface area contributed by atoms with Crippen LogP contribution in [0.5, 0.6) is 0 Å². The molecule has 1 aromatic heterocycles. The molecule has 0 fully saturated rings. The van der Waals surface area contributed by atoms with Crippen molar-refractivity contribution in [3.8, 4) is 0 Å². The molecule has 140 valence electrons. The fourth-order valence-corrected chi connectivity index (χ4v) is 3.85. The van der Waals surface area contributed by atoms with Crippen LogP contribution in [-0.2, 0) is 0 Å². The standard InChI is InChI=1S/C22H26N4S/c1-16(2)13-17(3)25-20-10-9-19(26-18-7-5-4-6-8-18)14-21(20)27-22-15-23-11-12-24-22/h4-12,14-17,25-26H,13H2,1-3H3. The highest BCUT2D eigenvalue weighted by Gasteiger charge is 2.11. The molecular formula is C22H26N4S. The van der Waals surface area contributed by atoms with Crippen LogP contribution >= 0.6 is 11.8 Å². The third kappa shape index (κ3) is 6.00. The lowest BCUT2D eigenvalue weighted by molar-refractivity contribution is 0.539. The molecule has 0 amide bonds. The van der Waals surface area contributed by atoms with Crippen LogP contribution in [0.4, 0.5) is 17.1 Å². The van der Waals surface area contributed by atoms with Crippen LogP contribution in [-0.4, -0.2) is 16.0 Å². The molecule has 2 N–H and O–H groups in total. The van der Waals surface area contributed by atoms with Gasteiger partial charge in [0.2, 0.25) is 0 Å². The van der Waals surface area contributed by atoms with Crippen LogP contribution in [0.2, 0.25) is 0 Å². The van der Waals surface area contributed by atoms with Gasteiger partial charge in [0.05, 0.1) is 6.20 Å². The zero-order chi connectivity index (χ0) is 19.1. The van der Waals surface area contributed by atoms with E-state index >= 15 is 0 Å². The number of nitrogens with one attached hydrogen (secondary N) is 2. The van der Waals surface area contributed by atoms with Gasteiger partial charge in [-0.05, 0) is 49.6 Å². The summed E-state index contributed by atoms with van der Waals surface area (Å²) < 4.78 is 0. The number of anilines is 3. The highest BCUT2D eigenvalue weighted by Crippen LogP contribution is 2.35. The lowest BCUT2D eigenvalue weighted by Gasteiger charge is -2.20. The first kappa shape index (κ1) is 19.2. The van der Waals surface area contributed by atoms with Crippen molar-refractivity contribution in [1.82, 2.24) is 9.97 Å². The number of hydrogen-bond acceptors (Lipinski definition) is 5. The largest absolute Gasteiger partial charge is 0.382 e. The fourth-order valence-electron chi connectivity index (χ4n) is 2.97. The van der Waals surface area contributed by atoms with Crippen LogP contribution in [0.25, 0.3) is 0 Å². The minimum atomic E-state index is 0.402. The van der Waals surface area contributed by atoms with Crippen LogP contribution in [0.3, 0.4) is 0 Å². The number of rotatable bonds is 8. The number of nitrogens with zero attached hydrogens (tertiary/aromatic N) is 2. The summed E-state index contributed by atoms with van der Waals surface area (Å²) in [7, 11) is 0. The molecule has 0 aliphatic carbocycles. The van der Waals surface area contributed by atoms with E-state index in [1.165, 1.54) is 0 Å². The van der Waals surface area contributed by atoms with Crippen LogP contribution in [0.1, 0.15) is 27.2 Å². The molecule has 0 radical (unpaired) electrons. The Morgan fingerprint density at radius 2 is 1.78 bits per heavy atom. The molecule has 4 nitrogen and oxygen atoms in total. The molecule has 3 rings (SSSR count). The Labute approximate surface area is 165 Å². The molecule has 0 spiro atoms. The first-order valence-electron chi connectivity index (χ1n) is 9.26. The average molecular weight is 379 g/mol. The van der Waals surface area contributed by atoms with Crippen molar-refractivity contribution in [3.05, 3.63) is 67.1 Å². The van der Waals surface area contributed by atoms with E-state index in [4.69, 9.17) is 0 Å². The van der Waals surface area contributed by atoms with Gasteiger partial charge in [0.25, 0.3) is 0 Å². The number of aromatic nitrogens is 2. The Morgan fingerprint density at radius 3 is 2.48 bits per heavy atom. The van der Waals surface area contributed by atoms with E-state index in [-0.39, 0.29) is 0 Å². The summed E-state index contributed by atoms with van der Waals surface area (Å²) in [5, 5.41) is 8.01. The summed E-state index contributed by atoms with van der Waals surface area (Å²) in [6.07, 6.45) is 6.34. The Morgan fingerprint density at radius 1 is 0.963 bits per heavy atom. The summed E-state index contributed by atoms with van der Waals surface area (Å²) in [5.74, 6) is 0.655. The van der Waals surface area contributed by atoms with Crippen molar-refractivity contribution in [3.63, 3.8) is 0 Å². The summed E-state index contributed by atoms with van der Waals surface area (Å²) in [6, 6.07) is 17.0. The minimum Gasteiger partial charge on any atom is -0.382 e. The van der Waals surface area contributed by atoms with Crippen molar-refractivity contribution in [2.24, 2.45) is 5.92 Å². The number of benzene rings is 2. The van der Waals surface area contributed by atoms with E-state index in [0.29, 0.717) is 12.0 Å². The van der Waals surface area contributed by atoms with Gasteiger partial charge in [-0.25, -0.2) is 4.98 Å². The van der Waals surface area contributed by atoms with E-state index in [1.54, 1.807) is 30.4 Å². The molecule has 2 aromatic carbocycles. The Bertz CT molecular complexity index is 837. The van der Waals surface area contributed by atoms with Crippen molar-refractivity contribution in [2.45, 2.75) is 43.2 Å². The zero-order valence-corrected chi connectivity index (χ0v) is 16.8. The summed E-state index contributed by atoms with van der Waals surface area (Å²) in [5.41, 5.74) is 3.24. The van der Waals surface area contributed by atoms with Gasteiger partial charge in [0.15, 0.2) is 0 Å². The fraction of sp³-hybridized carbons (Fsp3) is 0.273. The summed E-state index contributed by atoms with van der Waals surface area (Å²) in [6.45, 7) is 6.73. The van der Waals surface area contributed by atoms with Crippen molar-refractivity contribution >= 4 is 28.8 Å². The first-order chi connectivity index (χ1) is 13.1. The van der Waals surface area contributed by atoms with Crippen molar-refractivity contribution in [2.75, 3.05) is 10.6 Å². The van der Waals surface area contributed by atoms with Gasteiger partial charge in [0.1, 0.15) is 5.03 Å². The van der Waals surface area contributed by atoms with Crippen molar-refractivity contribution < 1.29 is 0 Å². The highest BCUT2D eigenvalue weighted by molar-refractivity contribution is 7.99. The van der Waals surface area contributed by atoms with Gasteiger partial charge >= 0.3 is 0 Å². The van der Waals surface area contributed by atoms with E-state index in [9.17, 15) is 0 Å². The summed E-state index contributed by atoms with van der Waals surface area (Å²) >= 11 is 1.62. The SMILES string of the molecule is CC(C)CC(C)Nc1ccc(Nc2ccccc2)cc1Sc1cnccn1. The normalized spacial score (nSPS) is 12.0. The maximum Gasteiger partial charge on any atom is 0.119 e. The third-order valence-electron chi connectivity index (χ3n) is 4.02. The molecule has 0 aliphatic rings.